The van der Waals surface area contributed by atoms with E-state index in [-0.39, 0.29) is 11.9 Å². The zero-order chi connectivity index (χ0) is 22.2. The molecule has 3 rings (SSSR count). The second-order valence-electron chi connectivity index (χ2n) is 8.42. The lowest BCUT2D eigenvalue weighted by atomic mass is 10.0. The van der Waals surface area contributed by atoms with E-state index in [9.17, 15) is 4.79 Å². The van der Waals surface area contributed by atoms with E-state index in [1.54, 1.807) is 0 Å². The number of likely N-dealkylation sites (N-methyl/N-ethyl adjacent to an activating group) is 1. The standard InChI is InChI=1S/C24H34N6O/c1-19-22(20(2)30(27-19)13-7-12-25)10-11-24(31)26-23(21-8-5-4-6-9-21)18-29-16-14-28(3)15-17-29/h4-6,8-9,23H,7,10-11,13-18H2,1-3H3,(H,26,31). The van der Waals surface area contributed by atoms with Gasteiger partial charge in [0.15, 0.2) is 0 Å². The molecule has 1 aliphatic heterocycles. The molecule has 1 saturated heterocycles. The van der Waals surface area contributed by atoms with Crippen LogP contribution in [0.15, 0.2) is 30.3 Å². The molecule has 1 aromatic carbocycles. The molecule has 0 saturated carbocycles. The Labute approximate surface area is 185 Å². The average Bonchev–Trinajstić information content (AvgIpc) is 3.05. The van der Waals surface area contributed by atoms with Gasteiger partial charge in [-0.25, -0.2) is 0 Å². The van der Waals surface area contributed by atoms with Gasteiger partial charge in [0.1, 0.15) is 0 Å². The van der Waals surface area contributed by atoms with E-state index in [0.29, 0.717) is 25.8 Å². The fourth-order valence-corrected chi connectivity index (χ4v) is 4.18. The summed E-state index contributed by atoms with van der Waals surface area (Å²) < 4.78 is 1.88. The van der Waals surface area contributed by atoms with Crippen LogP contribution in [0.3, 0.4) is 0 Å². The smallest absolute Gasteiger partial charge is 0.220 e. The third-order valence-corrected chi connectivity index (χ3v) is 6.14. The molecule has 0 radical (unpaired) electrons. The van der Waals surface area contributed by atoms with Gasteiger partial charge >= 0.3 is 0 Å². The molecular formula is C24H34N6O. The molecule has 7 heteroatoms. The molecule has 1 unspecified atom stereocenters. The highest BCUT2D eigenvalue weighted by atomic mass is 16.1. The Morgan fingerprint density at radius 1 is 1.19 bits per heavy atom. The first kappa shape index (κ1) is 23.0. The van der Waals surface area contributed by atoms with Crippen LogP contribution in [0.4, 0.5) is 0 Å². The number of aryl methyl sites for hydroxylation is 2. The number of amides is 1. The van der Waals surface area contributed by atoms with E-state index in [1.165, 1.54) is 0 Å². The van der Waals surface area contributed by atoms with Gasteiger partial charge in [0.05, 0.1) is 30.8 Å². The van der Waals surface area contributed by atoms with Crippen LogP contribution in [0.5, 0.6) is 0 Å². The molecule has 0 spiro atoms. The van der Waals surface area contributed by atoms with Crippen molar-refractivity contribution >= 4 is 5.91 Å². The molecule has 7 nitrogen and oxygen atoms in total. The van der Waals surface area contributed by atoms with Crippen LogP contribution in [0, 0.1) is 25.2 Å². The molecule has 1 amide bonds. The second-order valence-corrected chi connectivity index (χ2v) is 8.42. The topological polar surface area (TPSA) is 77.2 Å². The summed E-state index contributed by atoms with van der Waals surface area (Å²) in [6.45, 7) is 9.58. The van der Waals surface area contributed by atoms with Crippen LogP contribution in [-0.4, -0.2) is 65.3 Å². The zero-order valence-corrected chi connectivity index (χ0v) is 19.0. The van der Waals surface area contributed by atoms with Crippen LogP contribution < -0.4 is 5.32 Å². The Hall–Kier alpha value is -2.69. The predicted molar refractivity (Wildman–Crippen MR) is 122 cm³/mol. The number of aromatic nitrogens is 2. The maximum Gasteiger partial charge on any atom is 0.220 e. The molecule has 1 N–H and O–H groups in total. The molecule has 1 aliphatic rings. The molecule has 31 heavy (non-hydrogen) atoms. The van der Waals surface area contributed by atoms with Crippen molar-refractivity contribution in [1.82, 2.24) is 24.9 Å². The van der Waals surface area contributed by atoms with Crippen molar-refractivity contribution in [2.24, 2.45) is 0 Å². The number of nitriles is 1. The number of carbonyl (C=O) groups excluding carboxylic acids is 1. The minimum Gasteiger partial charge on any atom is -0.348 e. The minimum absolute atomic E-state index is 0.0161. The van der Waals surface area contributed by atoms with E-state index in [4.69, 9.17) is 5.26 Å². The summed E-state index contributed by atoms with van der Waals surface area (Å²) in [7, 11) is 2.15. The second kappa shape index (κ2) is 11.1. The summed E-state index contributed by atoms with van der Waals surface area (Å²) >= 11 is 0. The molecule has 2 heterocycles. The SMILES string of the molecule is Cc1nn(CCC#N)c(C)c1CCC(=O)NC(CN1CCN(C)CC1)c1ccccc1. The summed E-state index contributed by atoms with van der Waals surface area (Å²) in [5.41, 5.74) is 4.26. The van der Waals surface area contributed by atoms with Gasteiger partial charge < -0.3 is 10.2 Å². The maximum atomic E-state index is 12.9. The number of rotatable bonds is 9. The van der Waals surface area contributed by atoms with Gasteiger partial charge in [-0.05, 0) is 38.4 Å². The number of hydrogen-bond donors (Lipinski definition) is 1. The van der Waals surface area contributed by atoms with Crippen molar-refractivity contribution in [2.75, 3.05) is 39.8 Å². The van der Waals surface area contributed by atoms with Gasteiger partial charge in [-0.15, -0.1) is 0 Å². The van der Waals surface area contributed by atoms with Gasteiger partial charge in [-0.1, -0.05) is 30.3 Å². The zero-order valence-electron chi connectivity index (χ0n) is 19.0. The molecule has 1 fully saturated rings. The van der Waals surface area contributed by atoms with Gasteiger partial charge in [-0.2, -0.15) is 10.4 Å². The van der Waals surface area contributed by atoms with Gasteiger partial charge in [0.2, 0.25) is 5.91 Å². The van der Waals surface area contributed by atoms with Crippen molar-refractivity contribution < 1.29 is 4.79 Å². The predicted octanol–water partition coefficient (Wildman–Crippen LogP) is 2.45. The van der Waals surface area contributed by atoms with Crippen LogP contribution >= 0.6 is 0 Å². The summed E-state index contributed by atoms with van der Waals surface area (Å²) in [4.78, 5) is 17.7. The first-order valence-corrected chi connectivity index (χ1v) is 11.1. The first-order valence-electron chi connectivity index (χ1n) is 11.1. The number of nitrogens with zero attached hydrogens (tertiary/aromatic N) is 5. The molecule has 1 aromatic heterocycles. The van der Waals surface area contributed by atoms with E-state index in [0.717, 1.165) is 55.2 Å². The quantitative estimate of drug-likeness (QED) is 0.672. The van der Waals surface area contributed by atoms with Gasteiger partial charge in [0, 0.05) is 44.8 Å². The number of nitrogens with one attached hydrogen (secondary N) is 1. The lowest BCUT2D eigenvalue weighted by molar-refractivity contribution is -0.122. The molecular weight excluding hydrogens is 388 g/mol. The Balaban J connectivity index is 1.61. The molecule has 2 aromatic rings. The normalized spacial score (nSPS) is 16.1. The summed E-state index contributed by atoms with van der Waals surface area (Å²) in [6.07, 6.45) is 1.52. The third kappa shape index (κ3) is 6.39. The Morgan fingerprint density at radius 3 is 2.58 bits per heavy atom. The molecule has 166 valence electrons. The van der Waals surface area contributed by atoms with Crippen molar-refractivity contribution in [1.29, 1.82) is 5.26 Å². The van der Waals surface area contributed by atoms with Crippen LogP contribution in [0.25, 0.3) is 0 Å². The van der Waals surface area contributed by atoms with Crippen LogP contribution in [0.1, 0.15) is 41.4 Å². The fraction of sp³-hybridized carbons (Fsp3) is 0.542. The Bertz CT molecular complexity index is 893. The highest BCUT2D eigenvalue weighted by Gasteiger charge is 2.21. The van der Waals surface area contributed by atoms with Crippen molar-refractivity contribution in [3.8, 4) is 6.07 Å². The number of hydrogen-bond acceptors (Lipinski definition) is 5. The van der Waals surface area contributed by atoms with E-state index < -0.39 is 0 Å². The summed E-state index contributed by atoms with van der Waals surface area (Å²) in [5.74, 6) is 0.0616. The largest absolute Gasteiger partial charge is 0.348 e. The minimum atomic E-state index is -0.0161. The van der Waals surface area contributed by atoms with Gasteiger partial charge in [-0.3, -0.25) is 14.4 Å². The maximum absolute atomic E-state index is 12.9. The van der Waals surface area contributed by atoms with Crippen molar-refractivity contribution in [2.45, 2.75) is 45.7 Å². The number of benzene rings is 1. The highest BCUT2D eigenvalue weighted by Crippen LogP contribution is 2.18. The third-order valence-electron chi connectivity index (χ3n) is 6.14. The molecule has 1 atom stereocenters. The van der Waals surface area contributed by atoms with Gasteiger partial charge in [0.25, 0.3) is 0 Å². The van der Waals surface area contributed by atoms with Crippen molar-refractivity contribution in [3.63, 3.8) is 0 Å². The number of carbonyl (C=O) groups is 1. The fourth-order valence-electron chi connectivity index (χ4n) is 4.18. The monoisotopic (exact) mass is 422 g/mol. The lowest BCUT2D eigenvalue weighted by Gasteiger charge is -2.35. The van der Waals surface area contributed by atoms with E-state index >= 15 is 0 Å². The van der Waals surface area contributed by atoms with E-state index in [2.05, 4.69) is 45.5 Å². The van der Waals surface area contributed by atoms with Crippen LogP contribution in [0.2, 0.25) is 0 Å². The Morgan fingerprint density at radius 2 is 1.90 bits per heavy atom. The summed E-state index contributed by atoms with van der Waals surface area (Å²) in [6, 6.07) is 12.4. The van der Waals surface area contributed by atoms with Crippen LogP contribution in [-0.2, 0) is 17.8 Å². The molecule has 0 aliphatic carbocycles. The number of piperazine rings is 1. The first-order chi connectivity index (χ1) is 15.0. The molecule has 0 bridgehead atoms. The Kier molecular flexibility index (Phi) is 8.21. The highest BCUT2D eigenvalue weighted by molar-refractivity contribution is 5.76. The van der Waals surface area contributed by atoms with Crippen molar-refractivity contribution in [3.05, 3.63) is 52.8 Å². The van der Waals surface area contributed by atoms with E-state index in [1.807, 2.05) is 36.7 Å². The average molecular weight is 423 g/mol. The summed E-state index contributed by atoms with van der Waals surface area (Å²) in [5, 5.41) is 16.6. The lowest BCUT2D eigenvalue weighted by Crippen LogP contribution is -2.47.